The van der Waals surface area contributed by atoms with Gasteiger partial charge in [0.1, 0.15) is 0 Å². The second-order valence-electron chi connectivity index (χ2n) is 5.52. The highest BCUT2D eigenvalue weighted by atomic mass is 35.5. The second kappa shape index (κ2) is 4.68. The van der Waals surface area contributed by atoms with E-state index in [1.54, 1.807) is 11.4 Å². The van der Waals surface area contributed by atoms with Crippen LogP contribution in [0.1, 0.15) is 38.5 Å². The van der Waals surface area contributed by atoms with Gasteiger partial charge in [0.15, 0.2) is 0 Å². The van der Waals surface area contributed by atoms with E-state index >= 15 is 0 Å². The topological polar surface area (TPSA) is 49.4 Å². The van der Waals surface area contributed by atoms with Gasteiger partial charge in [0.05, 0.1) is 5.25 Å². The molecule has 2 aliphatic heterocycles. The van der Waals surface area contributed by atoms with Crippen molar-refractivity contribution in [2.24, 2.45) is 0 Å². The average molecular weight is 281 g/mol. The molecule has 1 aliphatic carbocycles. The van der Waals surface area contributed by atoms with Crippen LogP contribution in [0.25, 0.3) is 0 Å². The third-order valence-corrected chi connectivity index (χ3v) is 6.72. The number of hydrogen-bond acceptors (Lipinski definition) is 3. The number of fused-ring (bicyclic) bond motifs is 2. The van der Waals surface area contributed by atoms with Gasteiger partial charge in [0, 0.05) is 25.2 Å². The van der Waals surface area contributed by atoms with Crippen molar-refractivity contribution in [1.82, 2.24) is 9.62 Å². The van der Waals surface area contributed by atoms with Gasteiger partial charge in [-0.25, -0.2) is 12.7 Å². The molecular weight excluding hydrogens is 260 g/mol. The number of rotatable bonds is 3. The summed E-state index contributed by atoms with van der Waals surface area (Å²) in [6.07, 6.45) is 6.17. The van der Waals surface area contributed by atoms with Crippen LogP contribution in [0.15, 0.2) is 0 Å². The van der Waals surface area contributed by atoms with Gasteiger partial charge in [-0.05, 0) is 38.5 Å². The molecule has 17 heavy (non-hydrogen) atoms. The first kappa shape index (κ1) is 13.6. The van der Waals surface area contributed by atoms with E-state index in [-0.39, 0.29) is 23.7 Å². The molecule has 4 nitrogen and oxygen atoms in total. The average Bonchev–Trinajstić information content (AvgIpc) is 3.05. The summed E-state index contributed by atoms with van der Waals surface area (Å²) in [4.78, 5) is 0. The molecule has 2 bridgehead atoms. The largest absolute Gasteiger partial charge is 0.311 e. The fourth-order valence-corrected chi connectivity index (χ4v) is 4.92. The van der Waals surface area contributed by atoms with Crippen LogP contribution in [0.2, 0.25) is 0 Å². The predicted octanol–water partition coefficient (Wildman–Crippen LogP) is 1.12. The fraction of sp³-hybridized carbons (Fsp3) is 1.00. The van der Waals surface area contributed by atoms with Crippen LogP contribution in [0.5, 0.6) is 0 Å². The zero-order valence-corrected chi connectivity index (χ0v) is 11.8. The van der Waals surface area contributed by atoms with Crippen LogP contribution in [0.4, 0.5) is 0 Å². The van der Waals surface area contributed by atoms with E-state index in [1.165, 1.54) is 12.8 Å². The Labute approximate surface area is 110 Å². The van der Waals surface area contributed by atoms with Crippen molar-refractivity contribution in [3.8, 4) is 0 Å². The summed E-state index contributed by atoms with van der Waals surface area (Å²) in [6.45, 7) is 0. The minimum absolute atomic E-state index is 0. The van der Waals surface area contributed by atoms with Crippen LogP contribution < -0.4 is 5.32 Å². The van der Waals surface area contributed by atoms with E-state index in [0.717, 1.165) is 25.7 Å². The van der Waals surface area contributed by atoms with Gasteiger partial charge < -0.3 is 5.32 Å². The van der Waals surface area contributed by atoms with Crippen molar-refractivity contribution >= 4 is 22.4 Å². The van der Waals surface area contributed by atoms with Crippen LogP contribution in [-0.4, -0.2) is 43.1 Å². The van der Waals surface area contributed by atoms with E-state index in [1.807, 2.05) is 0 Å². The summed E-state index contributed by atoms with van der Waals surface area (Å²) in [5, 5.41) is 3.49. The van der Waals surface area contributed by atoms with Gasteiger partial charge in [-0.3, -0.25) is 0 Å². The SMILES string of the molecule is CN(C1CC2CCC(C1)N2)S(=O)(=O)C1CC1.Cl. The number of sulfonamides is 1. The first-order valence-corrected chi connectivity index (χ1v) is 7.80. The first-order chi connectivity index (χ1) is 7.57. The van der Waals surface area contributed by atoms with Crippen LogP contribution in [0, 0.1) is 0 Å². The highest BCUT2D eigenvalue weighted by Gasteiger charge is 2.44. The van der Waals surface area contributed by atoms with Gasteiger partial charge in [0.2, 0.25) is 10.0 Å². The summed E-state index contributed by atoms with van der Waals surface area (Å²) in [6, 6.07) is 1.35. The summed E-state index contributed by atoms with van der Waals surface area (Å²) in [5.41, 5.74) is 0. The maximum absolute atomic E-state index is 12.1. The maximum Gasteiger partial charge on any atom is 0.216 e. The third kappa shape index (κ3) is 2.48. The summed E-state index contributed by atoms with van der Waals surface area (Å²) in [7, 11) is -1.20. The molecule has 2 atom stereocenters. The lowest BCUT2D eigenvalue weighted by molar-refractivity contribution is 0.251. The van der Waals surface area contributed by atoms with Crippen molar-refractivity contribution in [1.29, 1.82) is 0 Å². The van der Waals surface area contributed by atoms with Crippen molar-refractivity contribution in [3.63, 3.8) is 0 Å². The molecule has 2 saturated heterocycles. The van der Waals surface area contributed by atoms with E-state index in [2.05, 4.69) is 5.32 Å². The first-order valence-electron chi connectivity index (χ1n) is 6.30. The molecule has 100 valence electrons. The predicted molar refractivity (Wildman–Crippen MR) is 69.9 cm³/mol. The Morgan fingerprint density at radius 2 is 1.59 bits per heavy atom. The Morgan fingerprint density at radius 1 is 1.06 bits per heavy atom. The smallest absolute Gasteiger partial charge is 0.216 e. The third-order valence-electron chi connectivity index (χ3n) is 4.31. The van der Waals surface area contributed by atoms with Crippen molar-refractivity contribution in [2.75, 3.05) is 7.05 Å². The van der Waals surface area contributed by atoms with Gasteiger partial charge in [-0.15, -0.1) is 12.4 Å². The van der Waals surface area contributed by atoms with Gasteiger partial charge in [-0.1, -0.05) is 0 Å². The summed E-state index contributed by atoms with van der Waals surface area (Å²) >= 11 is 0. The van der Waals surface area contributed by atoms with Gasteiger partial charge >= 0.3 is 0 Å². The number of nitrogens with zero attached hydrogens (tertiary/aromatic N) is 1. The zero-order valence-electron chi connectivity index (χ0n) is 10.1. The molecule has 3 aliphatic rings. The zero-order chi connectivity index (χ0) is 11.3. The van der Waals surface area contributed by atoms with Crippen molar-refractivity contribution < 1.29 is 8.42 Å². The van der Waals surface area contributed by atoms with Crippen molar-refractivity contribution in [3.05, 3.63) is 0 Å². The van der Waals surface area contributed by atoms with E-state index in [9.17, 15) is 8.42 Å². The lowest BCUT2D eigenvalue weighted by Crippen LogP contribution is -2.49. The molecule has 3 fully saturated rings. The summed E-state index contributed by atoms with van der Waals surface area (Å²) in [5.74, 6) is 0. The molecule has 0 aromatic rings. The Balaban J connectivity index is 0.00000108. The van der Waals surface area contributed by atoms with Crippen LogP contribution in [-0.2, 0) is 10.0 Å². The van der Waals surface area contributed by atoms with Gasteiger partial charge in [0.25, 0.3) is 0 Å². The quantitative estimate of drug-likeness (QED) is 0.843. The van der Waals surface area contributed by atoms with Gasteiger partial charge in [-0.2, -0.15) is 0 Å². The molecule has 0 amide bonds. The molecule has 2 heterocycles. The fourth-order valence-electron chi connectivity index (χ4n) is 3.13. The van der Waals surface area contributed by atoms with Crippen molar-refractivity contribution in [2.45, 2.75) is 61.9 Å². The van der Waals surface area contributed by atoms with Crippen LogP contribution in [0.3, 0.4) is 0 Å². The molecule has 2 unspecified atom stereocenters. The Hall–Kier alpha value is 0.160. The minimum Gasteiger partial charge on any atom is -0.311 e. The van der Waals surface area contributed by atoms with Crippen LogP contribution >= 0.6 is 12.4 Å². The number of nitrogens with one attached hydrogen (secondary N) is 1. The molecule has 0 aromatic heterocycles. The van der Waals surface area contributed by atoms with E-state index < -0.39 is 10.0 Å². The minimum atomic E-state index is -2.98. The molecule has 6 heteroatoms. The lowest BCUT2D eigenvalue weighted by atomic mass is 10.0. The highest BCUT2D eigenvalue weighted by Crippen LogP contribution is 2.35. The molecule has 1 N–H and O–H groups in total. The maximum atomic E-state index is 12.1. The standard InChI is InChI=1S/C11H20N2O2S.ClH/c1-13(16(14,15)11-4-5-11)10-6-8-2-3-9(7-10)12-8;/h8-12H,2-7H2,1H3;1H. The molecule has 3 rings (SSSR count). The Kier molecular flexibility index (Phi) is 3.74. The molecule has 0 spiro atoms. The molecule has 0 aromatic carbocycles. The van der Waals surface area contributed by atoms with E-state index in [0.29, 0.717) is 12.1 Å². The number of hydrogen-bond donors (Lipinski definition) is 1. The number of piperidine rings is 1. The number of halogens is 1. The second-order valence-corrected chi connectivity index (χ2v) is 7.80. The molecule has 1 saturated carbocycles. The monoisotopic (exact) mass is 280 g/mol. The lowest BCUT2D eigenvalue weighted by Gasteiger charge is -2.34. The molecule has 0 radical (unpaired) electrons. The normalized spacial score (nSPS) is 36.9. The highest BCUT2D eigenvalue weighted by molar-refractivity contribution is 7.90. The molecular formula is C11H21ClN2O2S. The van der Waals surface area contributed by atoms with E-state index in [4.69, 9.17) is 0 Å². The Bertz CT molecular complexity index is 371. The Morgan fingerprint density at radius 3 is 2.06 bits per heavy atom. The summed E-state index contributed by atoms with van der Waals surface area (Å²) < 4.78 is 25.9.